The summed E-state index contributed by atoms with van der Waals surface area (Å²) in [7, 11) is -4.81. The van der Waals surface area contributed by atoms with E-state index in [0.717, 1.165) is 6.04 Å². The lowest BCUT2D eigenvalue weighted by Crippen LogP contribution is -2.53. The predicted molar refractivity (Wildman–Crippen MR) is 109 cm³/mol. The van der Waals surface area contributed by atoms with Gasteiger partial charge in [-0.25, -0.2) is 0 Å². The van der Waals surface area contributed by atoms with Crippen LogP contribution in [-0.4, -0.2) is 35.9 Å². The van der Waals surface area contributed by atoms with E-state index in [9.17, 15) is 0 Å². The highest BCUT2D eigenvalue weighted by Gasteiger charge is 2.42. The molecule has 3 nitrogen and oxygen atoms in total. The highest BCUT2D eigenvalue weighted by molar-refractivity contribution is 6.79. The van der Waals surface area contributed by atoms with Gasteiger partial charge < -0.3 is 12.3 Å². The second kappa shape index (κ2) is 14.0. The third-order valence-electron chi connectivity index (χ3n) is 3.42. The van der Waals surface area contributed by atoms with Crippen LogP contribution in [0, 0.1) is 0 Å². The topological polar surface area (TPSA) is 27.7 Å². The molecule has 0 amide bonds. The molecule has 0 atom stereocenters. The zero-order valence-electron chi connectivity index (χ0n) is 16.6. The summed E-state index contributed by atoms with van der Waals surface area (Å²) >= 11 is 0. The van der Waals surface area contributed by atoms with Crippen molar-refractivity contribution in [1.82, 2.24) is 0 Å². The second-order valence-corrected chi connectivity index (χ2v) is 16.7. The van der Waals surface area contributed by atoms with Crippen LogP contribution in [0.25, 0.3) is 0 Å². The van der Waals surface area contributed by atoms with E-state index in [1.165, 1.54) is 51.4 Å². The van der Waals surface area contributed by atoms with E-state index < -0.39 is 35.9 Å². The number of hydrogen-bond donors (Lipinski definition) is 0. The minimum Gasteiger partial charge on any atom is -0.416 e. The first-order valence-electron chi connectivity index (χ1n) is 9.29. The van der Waals surface area contributed by atoms with Crippen molar-refractivity contribution in [3.05, 3.63) is 0 Å². The maximum atomic E-state index is 6.37. The molecule has 0 aromatic carbocycles. The first kappa shape index (κ1) is 23.7. The zero-order chi connectivity index (χ0) is 17.7. The van der Waals surface area contributed by atoms with E-state index in [1.54, 1.807) is 0 Å². The van der Waals surface area contributed by atoms with Crippen LogP contribution in [0.4, 0.5) is 0 Å². The molecular weight excluding hydrogens is 353 g/mol. The van der Waals surface area contributed by atoms with Crippen LogP contribution in [-0.2, 0) is 12.3 Å². The molecule has 0 bridgehead atoms. The Morgan fingerprint density at radius 2 is 0.913 bits per heavy atom. The Balaban J connectivity index is 4.32. The summed E-state index contributed by atoms with van der Waals surface area (Å²) in [4.78, 5) is 0. The van der Waals surface area contributed by atoms with E-state index in [0.29, 0.717) is 0 Å². The van der Waals surface area contributed by atoms with Crippen LogP contribution in [0.3, 0.4) is 0 Å². The largest absolute Gasteiger partial charge is 0.469 e. The fraction of sp³-hybridized carbons (Fsp3) is 1.00. The van der Waals surface area contributed by atoms with Gasteiger partial charge in [-0.05, 0) is 45.7 Å². The molecule has 0 aliphatic rings. The molecule has 0 saturated carbocycles. The molecule has 0 aromatic rings. The molecule has 0 rings (SSSR count). The molecule has 3 radical (unpaired) electrons. The van der Waals surface area contributed by atoms with Crippen molar-refractivity contribution < 1.29 is 12.3 Å². The van der Waals surface area contributed by atoms with Crippen LogP contribution in [0.15, 0.2) is 0 Å². The first-order chi connectivity index (χ1) is 10.8. The first-order valence-corrected chi connectivity index (χ1v) is 18.4. The summed E-state index contributed by atoms with van der Waals surface area (Å²) in [5.74, 6) is 0. The van der Waals surface area contributed by atoms with Crippen molar-refractivity contribution in [2.75, 3.05) is 0 Å². The smallest absolute Gasteiger partial charge is 0.416 e. The molecule has 0 aromatic heterocycles. The van der Waals surface area contributed by atoms with Gasteiger partial charge in [0.1, 0.15) is 0 Å². The van der Waals surface area contributed by atoms with Gasteiger partial charge in [0.25, 0.3) is 0 Å². The molecule has 0 fully saturated rings. The summed E-state index contributed by atoms with van der Waals surface area (Å²) in [6.07, 6.45) is 10.7. The second-order valence-electron chi connectivity index (χ2n) is 6.94. The normalized spacial score (nSPS) is 12.8. The molecule has 0 N–H and O–H groups in total. The summed E-state index contributed by atoms with van der Waals surface area (Å²) in [5.41, 5.74) is 0. The van der Waals surface area contributed by atoms with Gasteiger partial charge in [-0.1, -0.05) is 51.9 Å². The zero-order valence-corrected chi connectivity index (χ0v) is 20.6. The minimum absolute atomic E-state index is 0.793. The Morgan fingerprint density at radius 1 is 0.565 bits per heavy atom. The predicted octanol–water partition coefficient (Wildman–Crippen LogP) is 5.87. The fourth-order valence-electron chi connectivity index (χ4n) is 2.62. The molecule has 0 aliphatic heterocycles. The summed E-state index contributed by atoms with van der Waals surface area (Å²) in [5, 5.41) is 0. The average molecular weight is 392 g/mol. The van der Waals surface area contributed by atoms with Gasteiger partial charge in [0.15, 0.2) is 27.1 Å². The van der Waals surface area contributed by atoms with Gasteiger partial charge in [0.2, 0.25) is 0 Å². The molecule has 0 saturated heterocycles. The molecule has 137 valence electrons. The molecule has 0 aliphatic carbocycles. The van der Waals surface area contributed by atoms with Crippen molar-refractivity contribution >= 4 is 35.9 Å². The Bertz CT molecular complexity index is 250. The monoisotopic (exact) mass is 391 g/mol. The third kappa shape index (κ3) is 13.7. The molecule has 23 heavy (non-hydrogen) atoms. The standard InChI is InChI=1S/C16H39O3Si4/c1-8-9-10-11-12-13-14-15-16-23(17-20(2)3,18-21(4)5)19-22(6)7/h8-16H2,1-7H3. The Hall–Kier alpha value is 0.748. The summed E-state index contributed by atoms with van der Waals surface area (Å²) in [6.45, 7) is 15.5. The van der Waals surface area contributed by atoms with Gasteiger partial charge in [-0.2, -0.15) is 0 Å². The van der Waals surface area contributed by atoms with Gasteiger partial charge >= 0.3 is 8.80 Å². The van der Waals surface area contributed by atoms with E-state index in [4.69, 9.17) is 12.3 Å². The van der Waals surface area contributed by atoms with Crippen LogP contribution in [0.5, 0.6) is 0 Å². The van der Waals surface area contributed by atoms with Crippen LogP contribution >= 0.6 is 0 Å². The van der Waals surface area contributed by atoms with Crippen LogP contribution in [0.2, 0.25) is 45.3 Å². The SMILES string of the molecule is CCCCCCCCCC[Si](O[Si](C)C)(O[Si](C)C)O[Si](C)C. The summed E-state index contributed by atoms with van der Waals surface area (Å²) < 4.78 is 19.1. The van der Waals surface area contributed by atoms with Gasteiger partial charge in [0, 0.05) is 6.04 Å². The quantitative estimate of drug-likeness (QED) is 0.258. The number of unbranched alkanes of at least 4 members (excludes halogenated alkanes) is 7. The average Bonchev–Trinajstić information content (AvgIpc) is 2.39. The highest BCUT2D eigenvalue weighted by Crippen LogP contribution is 2.23. The van der Waals surface area contributed by atoms with Crippen molar-refractivity contribution in [2.45, 2.75) is 104 Å². The van der Waals surface area contributed by atoms with E-state index in [-0.39, 0.29) is 0 Å². The van der Waals surface area contributed by atoms with Gasteiger partial charge in [0.05, 0.1) is 0 Å². The molecule has 0 spiro atoms. The number of hydrogen-bond acceptors (Lipinski definition) is 3. The third-order valence-corrected chi connectivity index (χ3v) is 13.0. The van der Waals surface area contributed by atoms with Crippen molar-refractivity contribution in [2.24, 2.45) is 0 Å². The minimum atomic E-state index is -2.43. The van der Waals surface area contributed by atoms with Gasteiger partial charge in [-0.3, -0.25) is 0 Å². The Labute approximate surface area is 152 Å². The maximum absolute atomic E-state index is 6.37. The van der Waals surface area contributed by atoms with Crippen molar-refractivity contribution in [3.8, 4) is 0 Å². The Morgan fingerprint density at radius 3 is 1.26 bits per heavy atom. The lowest BCUT2D eigenvalue weighted by Gasteiger charge is -2.34. The van der Waals surface area contributed by atoms with Crippen LogP contribution in [0.1, 0.15) is 58.3 Å². The van der Waals surface area contributed by atoms with E-state index in [1.807, 2.05) is 0 Å². The Kier molecular flexibility index (Phi) is 14.4. The molecule has 7 heteroatoms. The van der Waals surface area contributed by atoms with E-state index >= 15 is 0 Å². The lowest BCUT2D eigenvalue weighted by molar-refractivity contribution is 0.266. The number of rotatable bonds is 15. The summed E-state index contributed by atoms with van der Waals surface area (Å²) in [6, 6.07) is 1.02. The molecule has 0 unspecified atom stereocenters. The lowest BCUT2D eigenvalue weighted by atomic mass is 10.1. The fourth-order valence-corrected chi connectivity index (χ4v) is 13.6. The molecule has 0 heterocycles. The van der Waals surface area contributed by atoms with Crippen molar-refractivity contribution in [3.63, 3.8) is 0 Å². The maximum Gasteiger partial charge on any atom is 0.469 e. The van der Waals surface area contributed by atoms with Crippen LogP contribution < -0.4 is 0 Å². The molecular formula is C16H39O3Si4. The van der Waals surface area contributed by atoms with E-state index in [2.05, 4.69) is 46.2 Å². The highest BCUT2D eigenvalue weighted by atomic mass is 28.5. The van der Waals surface area contributed by atoms with Gasteiger partial charge in [-0.15, -0.1) is 0 Å². The van der Waals surface area contributed by atoms with Crippen molar-refractivity contribution in [1.29, 1.82) is 0 Å².